The van der Waals surface area contributed by atoms with Crippen LogP contribution in [-0.4, -0.2) is 40.3 Å². The van der Waals surface area contributed by atoms with Gasteiger partial charge in [-0.15, -0.1) is 0 Å². The van der Waals surface area contributed by atoms with Crippen LogP contribution in [0.5, 0.6) is 5.75 Å². The minimum Gasteiger partial charge on any atom is -0.481 e. The number of rotatable bonds is 5. The third kappa shape index (κ3) is 3.64. The first-order valence-electron chi connectivity index (χ1n) is 11.4. The van der Waals surface area contributed by atoms with Crippen LogP contribution in [0, 0.1) is 21.4 Å². The van der Waals surface area contributed by atoms with Gasteiger partial charge in [0.25, 0.3) is 0 Å². The number of nitro benzene ring substituents is 1. The highest BCUT2D eigenvalue weighted by molar-refractivity contribution is 5.99. The summed E-state index contributed by atoms with van der Waals surface area (Å²) in [5, 5.41) is 22.5. The molecule has 2 aromatic carbocycles. The molecule has 4 heterocycles. The number of aromatic nitrogens is 2. The van der Waals surface area contributed by atoms with E-state index in [-0.39, 0.29) is 17.5 Å². The van der Waals surface area contributed by atoms with Crippen LogP contribution in [0.4, 0.5) is 17.1 Å². The molecule has 4 aromatic rings. The van der Waals surface area contributed by atoms with Gasteiger partial charge in [0.15, 0.2) is 5.75 Å². The van der Waals surface area contributed by atoms with Crippen molar-refractivity contribution in [2.45, 2.75) is 18.9 Å². The second kappa shape index (κ2) is 8.42. The number of benzene rings is 2. The van der Waals surface area contributed by atoms with Crippen molar-refractivity contribution >= 4 is 28.0 Å². The van der Waals surface area contributed by atoms with Crippen LogP contribution in [0.25, 0.3) is 16.6 Å². The van der Waals surface area contributed by atoms with E-state index in [0.29, 0.717) is 48.3 Å². The largest absolute Gasteiger partial charge is 0.481 e. The van der Waals surface area contributed by atoms with E-state index in [1.165, 1.54) is 12.3 Å². The van der Waals surface area contributed by atoms with Gasteiger partial charge in [0.2, 0.25) is 0 Å². The van der Waals surface area contributed by atoms with Crippen LogP contribution in [0.1, 0.15) is 17.5 Å². The van der Waals surface area contributed by atoms with Gasteiger partial charge in [-0.05, 0) is 36.2 Å². The lowest BCUT2D eigenvalue weighted by Crippen LogP contribution is -2.17. The first-order valence-corrected chi connectivity index (χ1v) is 11.4. The maximum absolute atomic E-state index is 12.0. The number of hydrogen-bond acceptors (Lipinski definition) is 7. The lowest BCUT2D eigenvalue weighted by Gasteiger charge is -2.23. The van der Waals surface area contributed by atoms with Crippen molar-refractivity contribution in [3.05, 3.63) is 82.3 Å². The van der Waals surface area contributed by atoms with E-state index >= 15 is 0 Å². The standard InChI is InChI=1S/C26H21N5O4/c27-14-18-15-28-22-13-25(35-20-6-10-34-16-20)24(31(32)33)12-21(22)26(18)30-9-5-17-3-4-19(11-23(17)30)29-7-1-2-8-29/h1-4,7-8,11-13,15,20H,5-6,9-10,16H2. The summed E-state index contributed by atoms with van der Waals surface area (Å²) in [5.41, 5.74) is 4.51. The number of pyridine rings is 1. The Balaban J connectivity index is 1.51. The van der Waals surface area contributed by atoms with Gasteiger partial charge in [0.1, 0.15) is 12.2 Å². The highest BCUT2D eigenvalue weighted by Gasteiger charge is 2.29. The van der Waals surface area contributed by atoms with E-state index in [1.54, 1.807) is 6.07 Å². The number of anilines is 2. The molecule has 1 fully saturated rings. The van der Waals surface area contributed by atoms with Gasteiger partial charge >= 0.3 is 5.69 Å². The Morgan fingerprint density at radius 3 is 2.83 bits per heavy atom. The van der Waals surface area contributed by atoms with Crippen molar-refractivity contribution < 1.29 is 14.4 Å². The number of fused-ring (bicyclic) bond motifs is 2. The molecular formula is C26H21N5O4. The summed E-state index contributed by atoms with van der Waals surface area (Å²) in [7, 11) is 0. The molecule has 0 aliphatic carbocycles. The van der Waals surface area contributed by atoms with E-state index in [1.807, 2.05) is 29.1 Å². The lowest BCUT2D eigenvalue weighted by atomic mass is 10.1. The molecule has 0 spiro atoms. The Labute approximate surface area is 200 Å². The van der Waals surface area contributed by atoms with Crippen molar-refractivity contribution in [2.24, 2.45) is 0 Å². The first kappa shape index (κ1) is 21.1. The molecule has 2 aliphatic rings. The third-order valence-electron chi connectivity index (χ3n) is 6.56. The molecule has 2 aromatic heterocycles. The number of nitriles is 1. The molecule has 0 amide bonds. The normalized spacial score (nSPS) is 16.9. The lowest BCUT2D eigenvalue weighted by molar-refractivity contribution is -0.385. The van der Waals surface area contributed by atoms with Crippen LogP contribution in [0.2, 0.25) is 0 Å². The molecule has 1 saturated heterocycles. The van der Waals surface area contributed by atoms with Crippen molar-refractivity contribution in [3.8, 4) is 17.5 Å². The zero-order chi connectivity index (χ0) is 23.9. The van der Waals surface area contributed by atoms with Crippen molar-refractivity contribution in [2.75, 3.05) is 24.7 Å². The summed E-state index contributed by atoms with van der Waals surface area (Å²) in [6.45, 7) is 1.62. The fraction of sp³-hybridized carbons (Fsp3) is 0.231. The summed E-state index contributed by atoms with van der Waals surface area (Å²) < 4.78 is 13.3. The van der Waals surface area contributed by atoms with E-state index in [9.17, 15) is 15.4 Å². The van der Waals surface area contributed by atoms with E-state index in [4.69, 9.17) is 9.47 Å². The Kier molecular flexibility index (Phi) is 5.08. The summed E-state index contributed by atoms with van der Waals surface area (Å²) >= 11 is 0. The topological polar surface area (TPSA) is 106 Å². The summed E-state index contributed by atoms with van der Waals surface area (Å²) in [6.07, 6.45) is 6.73. The summed E-state index contributed by atoms with van der Waals surface area (Å²) in [6, 6.07) is 15.5. The van der Waals surface area contributed by atoms with Gasteiger partial charge < -0.3 is 18.9 Å². The Morgan fingerprint density at radius 2 is 2.09 bits per heavy atom. The average Bonchev–Trinajstić information content (AvgIpc) is 3.64. The molecule has 0 radical (unpaired) electrons. The Bertz CT molecular complexity index is 1490. The molecule has 35 heavy (non-hydrogen) atoms. The first-order chi connectivity index (χ1) is 17.1. The van der Waals surface area contributed by atoms with Gasteiger partial charge in [-0.3, -0.25) is 15.1 Å². The minimum absolute atomic E-state index is 0.150. The number of ether oxygens (including phenoxy) is 2. The second-order valence-corrected chi connectivity index (χ2v) is 8.63. The molecule has 174 valence electrons. The highest BCUT2D eigenvalue weighted by Crippen LogP contribution is 2.43. The van der Waals surface area contributed by atoms with Crippen LogP contribution < -0.4 is 9.64 Å². The molecule has 6 rings (SSSR count). The zero-order valence-corrected chi connectivity index (χ0v) is 18.8. The van der Waals surface area contributed by atoms with E-state index in [2.05, 4.69) is 34.2 Å². The van der Waals surface area contributed by atoms with Crippen LogP contribution >= 0.6 is 0 Å². The highest BCUT2D eigenvalue weighted by atomic mass is 16.6. The monoisotopic (exact) mass is 467 g/mol. The number of hydrogen-bond donors (Lipinski definition) is 0. The van der Waals surface area contributed by atoms with Crippen LogP contribution in [-0.2, 0) is 11.2 Å². The second-order valence-electron chi connectivity index (χ2n) is 8.63. The number of nitrogens with zero attached hydrogens (tertiary/aromatic N) is 5. The predicted octanol–water partition coefficient (Wildman–Crippen LogP) is 4.67. The SMILES string of the molecule is N#Cc1cnc2cc(OC3CCOC3)c([N+](=O)[O-])cc2c1N1CCc2ccc(-n3cccc3)cc21. The molecule has 0 bridgehead atoms. The van der Waals surface area contributed by atoms with Crippen molar-refractivity contribution in [1.82, 2.24) is 9.55 Å². The molecule has 2 aliphatic heterocycles. The fourth-order valence-corrected chi connectivity index (χ4v) is 4.86. The number of nitro groups is 1. The quantitative estimate of drug-likeness (QED) is 0.310. The Hall–Kier alpha value is -4.42. The van der Waals surface area contributed by atoms with E-state index in [0.717, 1.165) is 23.4 Å². The third-order valence-corrected chi connectivity index (χ3v) is 6.56. The average molecular weight is 467 g/mol. The van der Waals surface area contributed by atoms with Gasteiger partial charge in [0.05, 0.1) is 34.9 Å². The summed E-state index contributed by atoms with van der Waals surface area (Å²) in [5.74, 6) is 0.165. The van der Waals surface area contributed by atoms with Gasteiger partial charge in [-0.2, -0.15) is 5.26 Å². The predicted molar refractivity (Wildman–Crippen MR) is 129 cm³/mol. The van der Waals surface area contributed by atoms with Gasteiger partial charge in [-0.1, -0.05) is 6.07 Å². The zero-order valence-electron chi connectivity index (χ0n) is 18.8. The molecule has 0 saturated carbocycles. The van der Waals surface area contributed by atoms with Crippen molar-refractivity contribution in [1.29, 1.82) is 5.26 Å². The molecule has 9 nitrogen and oxygen atoms in total. The molecule has 9 heteroatoms. The van der Waals surface area contributed by atoms with Gasteiger partial charge in [0, 0.05) is 60.4 Å². The van der Waals surface area contributed by atoms with Gasteiger partial charge in [-0.25, -0.2) is 0 Å². The maximum atomic E-state index is 12.0. The van der Waals surface area contributed by atoms with Crippen LogP contribution in [0.15, 0.2) is 61.1 Å². The Morgan fingerprint density at radius 1 is 1.23 bits per heavy atom. The molecular weight excluding hydrogens is 446 g/mol. The van der Waals surface area contributed by atoms with Crippen LogP contribution in [0.3, 0.4) is 0 Å². The van der Waals surface area contributed by atoms with E-state index < -0.39 is 4.92 Å². The smallest absolute Gasteiger partial charge is 0.311 e. The fourth-order valence-electron chi connectivity index (χ4n) is 4.86. The summed E-state index contributed by atoms with van der Waals surface area (Å²) in [4.78, 5) is 18.1. The molecule has 0 N–H and O–H groups in total. The molecule has 1 atom stereocenters. The minimum atomic E-state index is -0.449. The van der Waals surface area contributed by atoms with Crippen molar-refractivity contribution in [3.63, 3.8) is 0 Å². The maximum Gasteiger partial charge on any atom is 0.311 e. The molecule has 1 unspecified atom stereocenters.